The molecule has 0 saturated heterocycles. The van der Waals surface area contributed by atoms with E-state index in [9.17, 15) is 14.4 Å². The molecule has 9 nitrogen and oxygen atoms in total. The predicted molar refractivity (Wildman–Crippen MR) is 113 cm³/mol. The van der Waals surface area contributed by atoms with Gasteiger partial charge in [0.05, 0.1) is 11.3 Å². The Morgan fingerprint density at radius 3 is 2.35 bits per heavy atom. The summed E-state index contributed by atoms with van der Waals surface area (Å²) in [4.78, 5) is 37.2. The number of esters is 1. The molecule has 2 aromatic carbocycles. The molecule has 0 spiro atoms. The fraction of sp³-hybridized carbons (Fsp3) is 0.273. The van der Waals surface area contributed by atoms with E-state index in [-0.39, 0.29) is 17.3 Å². The monoisotopic (exact) mass is 421 g/mol. The van der Waals surface area contributed by atoms with Gasteiger partial charge in [0.2, 0.25) is 11.7 Å². The second-order valence-corrected chi connectivity index (χ2v) is 8.00. The normalized spacial score (nSPS) is 12.1. The molecular weight excluding hydrogens is 398 g/mol. The zero-order valence-electron chi connectivity index (χ0n) is 17.7. The summed E-state index contributed by atoms with van der Waals surface area (Å²) in [5.41, 5.74) is 1.29. The summed E-state index contributed by atoms with van der Waals surface area (Å²) in [7, 11) is 0. The van der Waals surface area contributed by atoms with Crippen LogP contribution in [0.15, 0.2) is 54.9 Å². The smallest absolute Gasteiger partial charge is 0.338 e. The number of amides is 1. The van der Waals surface area contributed by atoms with E-state index >= 15 is 0 Å². The molecule has 1 unspecified atom stereocenters. The molecule has 31 heavy (non-hydrogen) atoms. The number of Topliss-reactive ketones (excluding diaryl/α,β-unsaturated/α-hetero) is 1. The molecule has 9 heteroatoms. The number of benzene rings is 2. The average Bonchev–Trinajstić information content (AvgIpc) is 3.28. The zero-order valence-corrected chi connectivity index (χ0v) is 17.7. The molecule has 0 aliphatic rings. The van der Waals surface area contributed by atoms with Gasteiger partial charge in [-0.05, 0) is 59.8 Å². The standard InChI is InChI=1S/C22H23N5O4/c1-14(19(28)15-8-10-17(11-9-15)24-21(30)22(2,3)4)31-20(29)16-6-5-7-18(12-16)27-13-23-25-26-27/h5-14H,1-4H3,(H,24,30). The fourth-order valence-corrected chi connectivity index (χ4v) is 2.61. The Morgan fingerprint density at radius 1 is 1.03 bits per heavy atom. The Kier molecular flexibility index (Phi) is 6.24. The average molecular weight is 421 g/mol. The van der Waals surface area contributed by atoms with Crippen molar-refractivity contribution >= 4 is 23.3 Å². The van der Waals surface area contributed by atoms with Gasteiger partial charge in [0.25, 0.3) is 0 Å². The van der Waals surface area contributed by atoms with Crippen LogP contribution in [-0.2, 0) is 9.53 Å². The lowest BCUT2D eigenvalue weighted by molar-refractivity contribution is -0.123. The number of anilines is 1. The van der Waals surface area contributed by atoms with Crippen LogP contribution in [0.2, 0.25) is 0 Å². The third kappa shape index (κ3) is 5.39. The minimum atomic E-state index is -0.987. The van der Waals surface area contributed by atoms with Crippen molar-refractivity contribution in [3.63, 3.8) is 0 Å². The summed E-state index contributed by atoms with van der Waals surface area (Å²) in [5.74, 6) is -1.11. The molecule has 0 fully saturated rings. The first kappa shape index (κ1) is 21.8. The molecule has 1 heterocycles. The van der Waals surface area contributed by atoms with Crippen LogP contribution in [0.1, 0.15) is 48.4 Å². The number of aromatic nitrogens is 4. The van der Waals surface area contributed by atoms with Gasteiger partial charge in [-0.1, -0.05) is 26.8 Å². The maximum atomic E-state index is 12.7. The molecule has 0 bridgehead atoms. The van der Waals surface area contributed by atoms with Crippen LogP contribution in [-0.4, -0.2) is 44.0 Å². The maximum absolute atomic E-state index is 12.7. The van der Waals surface area contributed by atoms with E-state index in [4.69, 9.17) is 4.74 Å². The largest absolute Gasteiger partial charge is 0.451 e. The predicted octanol–water partition coefficient (Wildman–Crippen LogP) is 3.08. The van der Waals surface area contributed by atoms with E-state index < -0.39 is 17.5 Å². The SMILES string of the molecule is CC(OC(=O)c1cccc(-n2cnnn2)c1)C(=O)c1ccc(NC(=O)C(C)(C)C)cc1. The van der Waals surface area contributed by atoms with Gasteiger partial charge in [-0.25, -0.2) is 9.48 Å². The highest BCUT2D eigenvalue weighted by atomic mass is 16.5. The van der Waals surface area contributed by atoms with E-state index in [2.05, 4.69) is 20.8 Å². The highest BCUT2D eigenvalue weighted by molar-refractivity contribution is 6.02. The molecule has 1 atom stereocenters. The highest BCUT2D eigenvalue weighted by Gasteiger charge is 2.23. The van der Waals surface area contributed by atoms with Gasteiger partial charge >= 0.3 is 5.97 Å². The van der Waals surface area contributed by atoms with Gasteiger partial charge in [0.1, 0.15) is 6.33 Å². The van der Waals surface area contributed by atoms with E-state index in [0.29, 0.717) is 16.9 Å². The van der Waals surface area contributed by atoms with E-state index in [1.54, 1.807) is 48.5 Å². The van der Waals surface area contributed by atoms with E-state index in [0.717, 1.165) is 0 Å². The number of hydrogen-bond acceptors (Lipinski definition) is 7. The molecule has 1 amide bonds. The molecule has 0 radical (unpaired) electrons. The van der Waals surface area contributed by atoms with Crippen molar-refractivity contribution in [2.45, 2.75) is 33.8 Å². The summed E-state index contributed by atoms with van der Waals surface area (Å²) < 4.78 is 6.75. The molecule has 0 aliphatic heterocycles. The quantitative estimate of drug-likeness (QED) is 0.480. The lowest BCUT2D eigenvalue weighted by atomic mass is 9.95. The lowest BCUT2D eigenvalue weighted by Crippen LogP contribution is -2.27. The lowest BCUT2D eigenvalue weighted by Gasteiger charge is -2.18. The first-order valence-corrected chi connectivity index (χ1v) is 9.65. The first-order chi connectivity index (χ1) is 14.6. The van der Waals surface area contributed by atoms with Crippen molar-refractivity contribution in [3.8, 4) is 5.69 Å². The van der Waals surface area contributed by atoms with Crippen molar-refractivity contribution in [2.24, 2.45) is 5.41 Å². The van der Waals surface area contributed by atoms with Crippen molar-refractivity contribution in [1.29, 1.82) is 0 Å². The minimum Gasteiger partial charge on any atom is -0.451 e. The molecule has 3 aromatic rings. The summed E-state index contributed by atoms with van der Waals surface area (Å²) in [6.45, 7) is 6.96. The molecule has 0 aliphatic carbocycles. The number of nitrogens with one attached hydrogen (secondary N) is 1. The van der Waals surface area contributed by atoms with Crippen LogP contribution < -0.4 is 5.32 Å². The number of carbonyl (C=O) groups is 3. The third-order valence-corrected chi connectivity index (χ3v) is 4.46. The molecule has 1 aromatic heterocycles. The Hall–Kier alpha value is -3.88. The number of rotatable bonds is 6. The van der Waals surface area contributed by atoms with Gasteiger partial charge in [-0.3, -0.25) is 9.59 Å². The molecule has 160 valence electrons. The third-order valence-electron chi connectivity index (χ3n) is 4.46. The van der Waals surface area contributed by atoms with Gasteiger partial charge < -0.3 is 10.1 Å². The second-order valence-electron chi connectivity index (χ2n) is 8.00. The fourth-order valence-electron chi connectivity index (χ4n) is 2.61. The van der Waals surface area contributed by atoms with Gasteiger partial charge in [0.15, 0.2) is 6.10 Å². The molecule has 1 N–H and O–H groups in total. The Morgan fingerprint density at radius 2 is 1.74 bits per heavy atom. The Labute approximate surface area is 179 Å². The molecule has 3 rings (SSSR count). The first-order valence-electron chi connectivity index (χ1n) is 9.65. The van der Waals surface area contributed by atoms with Crippen molar-refractivity contribution in [3.05, 3.63) is 66.0 Å². The van der Waals surface area contributed by atoms with Crippen molar-refractivity contribution in [2.75, 3.05) is 5.32 Å². The number of ketones is 1. The summed E-state index contributed by atoms with van der Waals surface area (Å²) >= 11 is 0. The van der Waals surface area contributed by atoms with Crippen LogP contribution in [0.3, 0.4) is 0 Å². The number of hydrogen-bond donors (Lipinski definition) is 1. The van der Waals surface area contributed by atoms with Crippen LogP contribution in [0, 0.1) is 5.41 Å². The maximum Gasteiger partial charge on any atom is 0.338 e. The molecular formula is C22H23N5O4. The van der Waals surface area contributed by atoms with Crippen LogP contribution in [0.25, 0.3) is 5.69 Å². The Bertz CT molecular complexity index is 1090. The number of nitrogens with zero attached hydrogens (tertiary/aromatic N) is 4. The van der Waals surface area contributed by atoms with Crippen LogP contribution >= 0.6 is 0 Å². The van der Waals surface area contributed by atoms with Crippen molar-refractivity contribution < 1.29 is 19.1 Å². The number of tetrazole rings is 1. The van der Waals surface area contributed by atoms with E-state index in [1.807, 2.05) is 20.8 Å². The van der Waals surface area contributed by atoms with Crippen LogP contribution in [0.4, 0.5) is 5.69 Å². The zero-order chi connectivity index (χ0) is 22.6. The summed E-state index contributed by atoms with van der Waals surface area (Å²) in [5, 5.41) is 13.7. The van der Waals surface area contributed by atoms with Crippen molar-refractivity contribution in [1.82, 2.24) is 20.2 Å². The van der Waals surface area contributed by atoms with Gasteiger partial charge in [0, 0.05) is 16.7 Å². The highest BCUT2D eigenvalue weighted by Crippen LogP contribution is 2.19. The topological polar surface area (TPSA) is 116 Å². The Balaban J connectivity index is 1.64. The molecule has 0 saturated carbocycles. The summed E-state index contributed by atoms with van der Waals surface area (Å²) in [6.07, 6.45) is 0.420. The van der Waals surface area contributed by atoms with Gasteiger partial charge in [-0.2, -0.15) is 0 Å². The van der Waals surface area contributed by atoms with Crippen LogP contribution in [0.5, 0.6) is 0 Å². The summed E-state index contributed by atoms with van der Waals surface area (Å²) in [6, 6.07) is 13.0. The van der Waals surface area contributed by atoms with E-state index in [1.165, 1.54) is 17.9 Å². The second kappa shape index (κ2) is 8.86. The minimum absolute atomic E-state index is 0.127. The number of ether oxygens (including phenoxy) is 1. The number of carbonyl (C=O) groups excluding carboxylic acids is 3. The van der Waals surface area contributed by atoms with Gasteiger partial charge in [-0.15, -0.1) is 5.10 Å².